The van der Waals surface area contributed by atoms with E-state index < -0.39 is 0 Å². The Morgan fingerprint density at radius 3 is 1.69 bits per heavy atom. The zero-order valence-corrected chi connectivity index (χ0v) is 28.4. The van der Waals surface area contributed by atoms with Crippen molar-refractivity contribution in [2.24, 2.45) is 0 Å². The van der Waals surface area contributed by atoms with Crippen LogP contribution in [0.3, 0.4) is 0 Å². The fourth-order valence-electron chi connectivity index (χ4n) is 4.48. The van der Waals surface area contributed by atoms with E-state index in [2.05, 4.69) is 144 Å². The molecule has 0 radical (unpaired) electrons. The van der Waals surface area contributed by atoms with E-state index in [-0.39, 0.29) is 0 Å². The number of hydrogen-bond donors (Lipinski definition) is 2. The molecule has 0 atom stereocenters. The number of hydrogen-bond acceptors (Lipinski definition) is 3. The molecule has 2 aromatic rings. The quantitative estimate of drug-likeness (QED) is 0.184. The summed E-state index contributed by atoms with van der Waals surface area (Å²) in [6.07, 6.45) is 0. The van der Waals surface area contributed by atoms with Gasteiger partial charge in [-0.05, 0) is 48.8 Å². The summed E-state index contributed by atoms with van der Waals surface area (Å²) in [6.45, 7) is 25.3. The number of halogens is 2. The molecule has 0 unspecified atom stereocenters. The van der Waals surface area contributed by atoms with Crippen molar-refractivity contribution in [2.45, 2.75) is 92.9 Å². The Hall–Kier alpha value is -0.534. The molecule has 2 aromatic carbocycles. The van der Waals surface area contributed by atoms with Crippen molar-refractivity contribution >= 4 is 39.7 Å². The standard InChI is InChI=1S/C30H48N3.2BrH.Co/c1-19(2)25-14-23(9)15-26(20(3)4)29(25)31-12-13-33(11)18-32-30-27(21(5)6)16-24(10)17-28(30)22(7)8;;;/h14-16,19-22,31-32H,12-13,18H2,1-11H3;2*1H;/q-1;;;+3/p-2. The molecule has 0 aliphatic heterocycles. The predicted molar refractivity (Wildman–Crippen MR) is 165 cm³/mol. The van der Waals surface area contributed by atoms with Gasteiger partial charge < -0.3 is 10.6 Å². The normalized spacial score (nSPS) is 11.6. The van der Waals surface area contributed by atoms with Crippen LogP contribution in [0.5, 0.6) is 0 Å². The summed E-state index contributed by atoms with van der Waals surface area (Å²) in [6, 6.07) is 10.6. The Morgan fingerprint density at radius 2 is 1.25 bits per heavy atom. The molecule has 0 bridgehead atoms. The average molecular weight is 669 g/mol. The molecule has 0 heterocycles. The van der Waals surface area contributed by atoms with Crippen LogP contribution in [0.25, 0.3) is 0 Å². The first kappa shape index (κ1) is 33.5. The van der Waals surface area contributed by atoms with Gasteiger partial charge in [0.2, 0.25) is 0 Å². The monoisotopic (exact) mass is 667 g/mol. The molecule has 0 aliphatic carbocycles. The molecule has 0 saturated carbocycles. The topological polar surface area (TPSA) is 27.3 Å². The average Bonchev–Trinajstić information content (AvgIpc) is 2.78. The number of rotatable bonds is 11. The van der Waals surface area contributed by atoms with Crippen molar-refractivity contribution in [3.63, 3.8) is 0 Å². The summed E-state index contributed by atoms with van der Waals surface area (Å²) in [4.78, 5) is 2.36. The second kappa shape index (κ2) is 16.4. The Kier molecular flexibility index (Phi) is 15.3. The number of benzene rings is 2. The molecular formula is C30H48Br2CoN3. The number of likely N-dealkylation sites (N-methyl/N-ethyl adjacent to an activating group) is 1. The number of anilines is 2. The van der Waals surface area contributed by atoms with Gasteiger partial charge in [-0.1, -0.05) is 85.7 Å². The third-order valence-electron chi connectivity index (χ3n) is 6.37. The fourth-order valence-corrected chi connectivity index (χ4v) is 4.48. The number of aryl methyl sites for hydroxylation is 2. The molecule has 206 valence electrons. The van der Waals surface area contributed by atoms with E-state index in [1.165, 1.54) is 44.8 Å². The van der Waals surface area contributed by atoms with Gasteiger partial charge >= 0.3 is 39.5 Å². The second-order valence-electron chi connectivity index (χ2n) is 11.0. The summed E-state index contributed by atoms with van der Waals surface area (Å²) in [5, 5.41) is 7.55. The molecule has 6 heteroatoms. The van der Waals surface area contributed by atoms with Gasteiger partial charge in [-0.3, -0.25) is 4.90 Å². The van der Waals surface area contributed by atoms with Crippen LogP contribution in [0.4, 0.5) is 11.4 Å². The molecule has 0 amide bonds. The summed E-state index contributed by atoms with van der Waals surface area (Å²) in [7, 11) is 2.19. The van der Waals surface area contributed by atoms with E-state index in [1.807, 2.05) is 0 Å². The van der Waals surface area contributed by atoms with Crippen molar-refractivity contribution in [3.05, 3.63) is 57.6 Å². The van der Waals surface area contributed by atoms with Crippen LogP contribution in [0.2, 0.25) is 0 Å². The molecule has 0 fully saturated rings. The van der Waals surface area contributed by atoms with Gasteiger partial charge in [0.1, 0.15) is 0 Å². The third kappa shape index (κ3) is 10.3. The van der Waals surface area contributed by atoms with Crippen molar-refractivity contribution in [3.8, 4) is 0 Å². The molecule has 0 saturated heterocycles. The summed E-state index contributed by atoms with van der Waals surface area (Å²) < 4.78 is 0. The molecule has 3 nitrogen and oxygen atoms in total. The maximum atomic E-state index is 3.79. The first-order chi connectivity index (χ1) is 16.8. The summed E-state index contributed by atoms with van der Waals surface area (Å²) in [5.74, 6) is 1.94. The predicted octanol–water partition coefficient (Wildman–Crippen LogP) is 9.70. The van der Waals surface area contributed by atoms with Gasteiger partial charge in [-0.15, -0.1) is 11.1 Å². The Bertz CT molecular complexity index is 884. The van der Waals surface area contributed by atoms with E-state index in [9.17, 15) is 0 Å². The zero-order valence-electron chi connectivity index (χ0n) is 24.2. The van der Waals surface area contributed by atoms with Crippen LogP contribution in [-0.2, 0) is 11.1 Å². The summed E-state index contributed by atoms with van der Waals surface area (Å²) >= 11 is 7.12. The Balaban J connectivity index is 0.00000205. The van der Waals surface area contributed by atoms with Crippen molar-refractivity contribution in [1.29, 1.82) is 0 Å². The fraction of sp³-hybridized carbons (Fsp3) is 0.600. The van der Waals surface area contributed by atoms with Gasteiger partial charge in [-0.2, -0.15) is 17.7 Å². The first-order valence-electron chi connectivity index (χ1n) is 13.0. The third-order valence-corrected chi connectivity index (χ3v) is 6.37. The van der Waals surface area contributed by atoms with E-state index in [1.54, 1.807) is 0 Å². The van der Waals surface area contributed by atoms with Gasteiger partial charge in [-0.25, -0.2) is 0 Å². The van der Waals surface area contributed by atoms with Crippen molar-refractivity contribution in [1.82, 2.24) is 4.90 Å². The molecule has 2 N–H and O–H groups in total. The molecule has 0 aliphatic rings. The summed E-state index contributed by atoms with van der Waals surface area (Å²) in [5.41, 5.74) is 10.7. The van der Waals surface area contributed by atoms with Gasteiger partial charge in [0.25, 0.3) is 0 Å². The first-order valence-corrected chi connectivity index (χ1v) is 18.2. The second-order valence-corrected chi connectivity index (χ2v) is 16.3. The molecule has 0 aromatic heterocycles. The van der Waals surface area contributed by atoms with Crippen LogP contribution in [0, 0.1) is 19.9 Å². The van der Waals surface area contributed by atoms with Crippen LogP contribution in [0.1, 0.15) is 112 Å². The van der Waals surface area contributed by atoms with Gasteiger partial charge in [0.15, 0.2) is 0 Å². The van der Waals surface area contributed by atoms with Crippen LogP contribution in [0.15, 0.2) is 18.2 Å². The number of nitrogens with zero attached hydrogens (tertiary/aromatic N) is 1. The minimum atomic E-state index is 0.447. The Labute approximate surface area is 242 Å². The number of nitrogens with one attached hydrogen (secondary N) is 2. The van der Waals surface area contributed by atoms with Crippen LogP contribution < -0.4 is 10.6 Å². The SMILES string of the molecule is Cc1[c-]c(C(C)C)c(NCN(C)CCNc2c(C(C)C)cc(C)cc2C(C)C)c(C(C)C)c1.[Br][Co+][Br]. The zero-order chi connectivity index (χ0) is 27.6. The molecule has 36 heavy (non-hydrogen) atoms. The van der Waals surface area contributed by atoms with Gasteiger partial charge in [0, 0.05) is 18.8 Å². The molecule has 2 rings (SSSR count). The van der Waals surface area contributed by atoms with E-state index in [0.29, 0.717) is 23.7 Å². The van der Waals surface area contributed by atoms with E-state index >= 15 is 0 Å². The molecular weight excluding hydrogens is 621 g/mol. The Morgan fingerprint density at radius 1 is 0.778 bits per heavy atom. The van der Waals surface area contributed by atoms with E-state index in [4.69, 9.17) is 0 Å². The van der Waals surface area contributed by atoms with Crippen molar-refractivity contribution in [2.75, 3.05) is 37.4 Å². The van der Waals surface area contributed by atoms with Crippen LogP contribution in [-0.4, -0.2) is 31.7 Å². The van der Waals surface area contributed by atoms with E-state index in [0.717, 1.165) is 30.9 Å². The van der Waals surface area contributed by atoms with Gasteiger partial charge in [0.05, 0.1) is 6.67 Å². The molecule has 0 spiro atoms. The van der Waals surface area contributed by atoms with Crippen molar-refractivity contribution < 1.29 is 11.1 Å². The minimum absolute atomic E-state index is 0.447. The van der Waals surface area contributed by atoms with Crippen LogP contribution >= 0.6 is 28.3 Å². The maximum absolute atomic E-state index is 3.79.